The first-order valence-corrected chi connectivity index (χ1v) is 5.56. The van der Waals surface area contributed by atoms with Gasteiger partial charge < -0.3 is 9.84 Å². The number of rotatable bonds is 1. The zero-order valence-corrected chi connectivity index (χ0v) is 9.58. The van der Waals surface area contributed by atoms with Gasteiger partial charge in [-0.1, -0.05) is 19.9 Å². The van der Waals surface area contributed by atoms with Crippen molar-refractivity contribution in [1.29, 1.82) is 0 Å². The van der Waals surface area contributed by atoms with Gasteiger partial charge in [0.2, 0.25) is 0 Å². The standard InChI is InChI=1S/C13H18O2/c1-8(2)10-6-7-15-13-11(14)5-4-9(3)12(10)13/h4-5,8,10,14H,6-7H2,1-3H3. The molecule has 0 radical (unpaired) electrons. The lowest BCUT2D eigenvalue weighted by Gasteiger charge is -2.30. The van der Waals surface area contributed by atoms with E-state index >= 15 is 0 Å². The van der Waals surface area contributed by atoms with Crippen LogP contribution in [0.3, 0.4) is 0 Å². The van der Waals surface area contributed by atoms with E-state index in [1.165, 1.54) is 11.1 Å². The summed E-state index contributed by atoms with van der Waals surface area (Å²) in [5, 5.41) is 9.76. The molecule has 0 saturated heterocycles. The van der Waals surface area contributed by atoms with E-state index in [0.29, 0.717) is 24.2 Å². The van der Waals surface area contributed by atoms with Gasteiger partial charge in [-0.05, 0) is 36.8 Å². The summed E-state index contributed by atoms with van der Waals surface area (Å²) in [4.78, 5) is 0. The smallest absolute Gasteiger partial charge is 0.164 e. The van der Waals surface area contributed by atoms with Gasteiger partial charge >= 0.3 is 0 Å². The van der Waals surface area contributed by atoms with Crippen LogP contribution in [0.15, 0.2) is 12.1 Å². The SMILES string of the molecule is Cc1ccc(O)c2c1C(C(C)C)CCO2. The van der Waals surface area contributed by atoms with Crippen molar-refractivity contribution in [2.75, 3.05) is 6.61 Å². The fraction of sp³-hybridized carbons (Fsp3) is 0.538. The molecule has 1 atom stereocenters. The molecule has 1 aromatic rings. The van der Waals surface area contributed by atoms with E-state index in [9.17, 15) is 5.11 Å². The fourth-order valence-electron chi connectivity index (χ4n) is 2.40. The van der Waals surface area contributed by atoms with Gasteiger partial charge in [0.05, 0.1) is 6.61 Å². The van der Waals surface area contributed by atoms with Crippen LogP contribution < -0.4 is 4.74 Å². The van der Waals surface area contributed by atoms with Gasteiger partial charge in [-0.3, -0.25) is 0 Å². The summed E-state index contributed by atoms with van der Waals surface area (Å²) >= 11 is 0. The zero-order chi connectivity index (χ0) is 11.0. The number of aromatic hydroxyl groups is 1. The van der Waals surface area contributed by atoms with Crippen molar-refractivity contribution >= 4 is 0 Å². The quantitative estimate of drug-likeness (QED) is 0.764. The van der Waals surface area contributed by atoms with Crippen LogP contribution in [0.25, 0.3) is 0 Å². The Labute approximate surface area is 90.9 Å². The number of phenolic OH excluding ortho intramolecular Hbond substituents is 1. The minimum atomic E-state index is 0.279. The monoisotopic (exact) mass is 206 g/mol. The molecule has 0 saturated carbocycles. The molecule has 1 aromatic carbocycles. The summed E-state index contributed by atoms with van der Waals surface area (Å²) in [6, 6.07) is 3.69. The maximum Gasteiger partial charge on any atom is 0.164 e. The topological polar surface area (TPSA) is 29.5 Å². The summed E-state index contributed by atoms with van der Waals surface area (Å²) < 4.78 is 5.57. The zero-order valence-electron chi connectivity index (χ0n) is 9.58. The number of hydrogen-bond acceptors (Lipinski definition) is 2. The second kappa shape index (κ2) is 3.76. The number of aryl methyl sites for hydroxylation is 1. The third kappa shape index (κ3) is 1.69. The van der Waals surface area contributed by atoms with Crippen molar-refractivity contribution in [2.45, 2.75) is 33.1 Å². The highest BCUT2D eigenvalue weighted by Crippen LogP contribution is 2.44. The average Bonchev–Trinajstić information content (AvgIpc) is 2.23. The molecular weight excluding hydrogens is 188 g/mol. The lowest BCUT2D eigenvalue weighted by molar-refractivity contribution is 0.236. The second-order valence-corrected chi connectivity index (χ2v) is 4.63. The molecule has 1 heterocycles. The molecule has 0 fully saturated rings. The molecule has 82 valence electrons. The number of phenols is 1. The van der Waals surface area contributed by atoms with Crippen LogP contribution in [0.5, 0.6) is 11.5 Å². The Balaban J connectivity index is 2.54. The summed E-state index contributed by atoms with van der Waals surface area (Å²) in [5.41, 5.74) is 2.43. The molecule has 1 aliphatic heterocycles. The first-order chi connectivity index (χ1) is 7.11. The van der Waals surface area contributed by atoms with Crippen LogP contribution in [-0.2, 0) is 0 Å². The van der Waals surface area contributed by atoms with E-state index in [0.717, 1.165) is 6.42 Å². The van der Waals surface area contributed by atoms with Gasteiger partial charge in [0, 0.05) is 5.56 Å². The highest BCUT2D eigenvalue weighted by Gasteiger charge is 2.27. The molecule has 2 rings (SSSR count). The van der Waals surface area contributed by atoms with Gasteiger partial charge in [-0.25, -0.2) is 0 Å². The summed E-state index contributed by atoms with van der Waals surface area (Å²) in [6.45, 7) is 7.25. The Morgan fingerprint density at radius 3 is 2.80 bits per heavy atom. The number of benzene rings is 1. The van der Waals surface area contributed by atoms with Gasteiger partial charge in [0.25, 0.3) is 0 Å². The van der Waals surface area contributed by atoms with Gasteiger partial charge in [-0.15, -0.1) is 0 Å². The largest absolute Gasteiger partial charge is 0.504 e. The predicted octanol–water partition coefficient (Wildman–Crippen LogP) is 3.22. The third-order valence-corrected chi connectivity index (χ3v) is 3.24. The van der Waals surface area contributed by atoms with E-state index < -0.39 is 0 Å². The molecule has 0 spiro atoms. The molecule has 0 aliphatic carbocycles. The lowest BCUT2D eigenvalue weighted by atomic mass is 9.82. The molecule has 0 bridgehead atoms. The van der Waals surface area contributed by atoms with Crippen molar-refractivity contribution in [3.05, 3.63) is 23.3 Å². The number of ether oxygens (including phenoxy) is 1. The normalized spacial score (nSPS) is 19.9. The molecule has 1 aliphatic rings. The van der Waals surface area contributed by atoms with Crippen LogP contribution in [0.1, 0.15) is 37.3 Å². The molecule has 1 unspecified atom stereocenters. The van der Waals surface area contributed by atoms with E-state index in [1.807, 2.05) is 6.07 Å². The van der Waals surface area contributed by atoms with Gasteiger partial charge in [0.1, 0.15) is 0 Å². The second-order valence-electron chi connectivity index (χ2n) is 4.63. The number of fused-ring (bicyclic) bond motifs is 1. The van der Waals surface area contributed by atoms with Crippen molar-refractivity contribution in [2.24, 2.45) is 5.92 Å². The van der Waals surface area contributed by atoms with Crippen LogP contribution in [-0.4, -0.2) is 11.7 Å². The van der Waals surface area contributed by atoms with Crippen LogP contribution in [0.2, 0.25) is 0 Å². The first kappa shape index (κ1) is 10.3. The maximum atomic E-state index is 9.76. The van der Waals surface area contributed by atoms with E-state index in [2.05, 4.69) is 20.8 Å². The molecule has 2 nitrogen and oxygen atoms in total. The van der Waals surface area contributed by atoms with Crippen molar-refractivity contribution in [1.82, 2.24) is 0 Å². The molecule has 0 aromatic heterocycles. The van der Waals surface area contributed by atoms with Crippen molar-refractivity contribution < 1.29 is 9.84 Å². The Morgan fingerprint density at radius 2 is 2.13 bits per heavy atom. The minimum absolute atomic E-state index is 0.279. The van der Waals surface area contributed by atoms with Crippen LogP contribution in [0.4, 0.5) is 0 Å². The Morgan fingerprint density at radius 1 is 1.40 bits per heavy atom. The van der Waals surface area contributed by atoms with Crippen LogP contribution >= 0.6 is 0 Å². The van der Waals surface area contributed by atoms with Gasteiger partial charge in [0.15, 0.2) is 11.5 Å². The predicted molar refractivity (Wildman–Crippen MR) is 60.5 cm³/mol. The average molecular weight is 206 g/mol. The fourth-order valence-corrected chi connectivity index (χ4v) is 2.40. The van der Waals surface area contributed by atoms with E-state index in [-0.39, 0.29) is 5.75 Å². The molecule has 1 N–H and O–H groups in total. The minimum Gasteiger partial charge on any atom is -0.504 e. The Kier molecular flexibility index (Phi) is 2.59. The Bertz CT molecular complexity index is 369. The highest BCUT2D eigenvalue weighted by atomic mass is 16.5. The first-order valence-electron chi connectivity index (χ1n) is 5.56. The van der Waals surface area contributed by atoms with Crippen molar-refractivity contribution in [3.63, 3.8) is 0 Å². The molecule has 0 amide bonds. The Hall–Kier alpha value is -1.18. The van der Waals surface area contributed by atoms with Crippen molar-refractivity contribution in [3.8, 4) is 11.5 Å². The van der Waals surface area contributed by atoms with E-state index in [1.54, 1.807) is 6.07 Å². The highest BCUT2D eigenvalue weighted by molar-refractivity contribution is 5.52. The summed E-state index contributed by atoms with van der Waals surface area (Å²) in [6.07, 6.45) is 1.05. The third-order valence-electron chi connectivity index (χ3n) is 3.24. The van der Waals surface area contributed by atoms with E-state index in [4.69, 9.17) is 4.74 Å². The van der Waals surface area contributed by atoms with Gasteiger partial charge in [-0.2, -0.15) is 0 Å². The lowest BCUT2D eigenvalue weighted by Crippen LogP contribution is -2.19. The maximum absolute atomic E-state index is 9.76. The molecule has 2 heteroatoms. The molecule has 15 heavy (non-hydrogen) atoms. The van der Waals surface area contributed by atoms with Crippen LogP contribution in [0, 0.1) is 12.8 Å². The summed E-state index contributed by atoms with van der Waals surface area (Å²) in [5.74, 6) is 2.09. The molecular formula is C13H18O2. The number of hydrogen-bond donors (Lipinski definition) is 1. The summed E-state index contributed by atoms with van der Waals surface area (Å²) in [7, 11) is 0.